The van der Waals surface area contributed by atoms with E-state index in [1.54, 1.807) is 6.20 Å². The van der Waals surface area contributed by atoms with E-state index in [0.29, 0.717) is 12.1 Å². The molecule has 4 nitrogen and oxygen atoms in total. The first-order valence-electron chi connectivity index (χ1n) is 7.42. The van der Waals surface area contributed by atoms with Gasteiger partial charge in [-0.15, -0.1) is 5.10 Å². The molecule has 0 saturated carbocycles. The van der Waals surface area contributed by atoms with Gasteiger partial charge in [0.15, 0.2) is 5.82 Å². The van der Waals surface area contributed by atoms with Crippen LogP contribution in [0.25, 0.3) is 0 Å². The van der Waals surface area contributed by atoms with Crippen LogP contribution in [0.2, 0.25) is 0 Å². The highest BCUT2D eigenvalue weighted by molar-refractivity contribution is 5.37. The molecule has 2 aromatic rings. The Labute approximate surface area is 128 Å². The molecular formula is C16H18F2N4. The van der Waals surface area contributed by atoms with E-state index in [1.165, 1.54) is 12.1 Å². The van der Waals surface area contributed by atoms with Crippen LogP contribution in [0.3, 0.4) is 0 Å². The lowest BCUT2D eigenvalue weighted by Gasteiger charge is -2.33. The number of anilines is 1. The highest BCUT2D eigenvalue weighted by atomic mass is 19.1. The Morgan fingerprint density at radius 2 is 2.18 bits per heavy atom. The number of piperidine rings is 1. The Hall–Kier alpha value is -2.08. The molecule has 1 aromatic carbocycles. The summed E-state index contributed by atoms with van der Waals surface area (Å²) < 4.78 is 26.8. The first kappa shape index (κ1) is 14.8. The quantitative estimate of drug-likeness (QED) is 0.942. The number of halogens is 2. The third-order valence-corrected chi connectivity index (χ3v) is 3.89. The zero-order chi connectivity index (χ0) is 15.4. The molecule has 22 heavy (non-hydrogen) atoms. The summed E-state index contributed by atoms with van der Waals surface area (Å²) in [6.07, 6.45) is 3.68. The standard InChI is InChI=1S/C16H18F2N4/c17-13-5-6-15(18)12(9-13)10-19-14-3-2-8-22(11-14)16-4-1-7-20-21-16/h1,4-7,9,14,19H,2-3,8,10-11H2. The topological polar surface area (TPSA) is 41.0 Å². The van der Waals surface area contributed by atoms with E-state index in [1.807, 2.05) is 12.1 Å². The molecule has 116 valence electrons. The Morgan fingerprint density at radius 1 is 1.27 bits per heavy atom. The average molecular weight is 304 g/mol. The van der Waals surface area contributed by atoms with E-state index in [2.05, 4.69) is 20.4 Å². The summed E-state index contributed by atoms with van der Waals surface area (Å²) in [5, 5.41) is 11.3. The fourth-order valence-corrected chi connectivity index (χ4v) is 2.75. The van der Waals surface area contributed by atoms with Gasteiger partial charge in [0.1, 0.15) is 11.6 Å². The summed E-state index contributed by atoms with van der Waals surface area (Å²) in [4.78, 5) is 2.16. The number of hydrogen-bond acceptors (Lipinski definition) is 4. The van der Waals surface area contributed by atoms with Crippen LogP contribution >= 0.6 is 0 Å². The maximum absolute atomic E-state index is 13.6. The van der Waals surface area contributed by atoms with Crippen molar-refractivity contribution in [2.45, 2.75) is 25.4 Å². The van der Waals surface area contributed by atoms with Crippen LogP contribution in [-0.4, -0.2) is 29.3 Å². The van der Waals surface area contributed by atoms with E-state index in [9.17, 15) is 8.78 Å². The molecule has 6 heteroatoms. The third kappa shape index (κ3) is 3.57. The minimum Gasteiger partial charge on any atom is -0.354 e. The smallest absolute Gasteiger partial charge is 0.151 e. The molecule has 1 N–H and O–H groups in total. The van der Waals surface area contributed by atoms with Crippen LogP contribution in [0.4, 0.5) is 14.6 Å². The fraction of sp³-hybridized carbons (Fsp3) is 0.375. The first-order valence-corrected chi connectivity index (χ1v) is 7.42. The first-order chi connectivity index (χ1) is 10.7. The van der Waals surface area contributed by atoms with E-state index >= 15 is 0 Å². The van der Waals surface area contributed by atoms with E-state index in [4.69, 9.17) is 0 Å². The molecular weight excluding hydrogens is 286 g/mol. The van der Waals surface area contributed by atoms with E-state index in [-0.39, 0.29) is 11.9 Å². The predicted octanol–water partition coefficient (Wildman–Crippen LogP) is 2.51. The van der Waals surface area contributed by atoms with Crippen molar-refractivity contribution in [2.75, 3.05) is 18.0 Å². The van der Waals surface area contributed by atoms with Crippen LogP contribution < -0.4 is 10.2 Å². The summed E-state index contributed by atoms with van der Waals surface area (Å²) in [6.45, 7) is 2.05. The van der Waals surface area contributed by atoms with Crippen molar-refractivity contribution in [1.82, 2.24) is 15.5 Å². The monoisotopic (exact) mass is 304 g/mol. The molecule has 0 aliphatic carbocycles. The Bertz CT molecular complexity index is 621. The van der Waals surface area contributed by atoms with Crippen LogP contribution in [0.5, 0.6) is 0 Å². The maximum Gasteiger partial charge on any atom is 0.151 e. The minimum absolute atomic E-state index is 0.221. The largest absolute Gasteiger partial charge is 0.354 e. The zero-order valence-corrected chi connectivity index (χ0v) is 12.2. The second-order valence-electron chi connectivity index (χ2n) is 5.48. The molecule has 1 aliphatic heterocycles. The van der Waals surface area contributed by atoms with Gasteiger partial charge in [-0.2, -0.15) is 5.10 Å². The van der Waals surface area contributed by atoms with Crippen molar-refractivity contribution in [3.05, 3.63) is 53.7 Å². The number of nitrogens with zero attached hydrogens (tertiary/aromatic N) is 3. The number of nitrogens with one attached hydrogen (secondary N) is 1. The summed E-state index contributed by atoms with van der Waals surface area (Å²) in [5.74, 6) is 0.0597. The van der Waals surface area contributed by atoms with E-state index < -0.39 is 5.82 Å². The van der Waals surface area contributed by atoms with Crippen LogP contribution in [-0.2, 0) is 6.54 Å². The summed E-state index contributed by atoms with van der Waals surface area (Å²) >= 11 is 0. The molecule has 2 heterocycles. The van der Waals surface area contributed by atoms with Crippen LogP contribution in [0.1, 0.15) is 18.4 Å². The van der Waals surface area contributed by atoms with Gasteiger partial charge >= 0.3 is 0 Å². The summed E-state index contributed by atoms with van der Waals surface area (Å²) in [5.41, 5.74) is 0.358. The Kier molecular flexibility index (Phi) is 4.58. The Morgan fingerprint density at radius 3 is 3.00 bits per heavy atom. The lowest BCUT2D eigenvalue weighted by molar-refractivity contribution is 0.415. The summed E-state index contributed by atoms with van der Waals surface area (Å²) in [7, 11) is 0. The van der Waals surface area contributed by atoms with Crippen molar-refractivity contribution in [2.24, 2.45) is 0 Å². The SMILES string of the molecule is Fc1ccc(F)c(CNC2CCCN(c3cccnn3)C2)c1. The molecule has 0 bridgehead atoms. The van der Waals surface area contributed by atoms with Crippen molar-refractivity contribution in [1.29, 1.82) is 0 Å². The van der Waals surface area contributed by atoms with Crippen molar-refractivity contribution in [3.8, 4) is 0 Å². The van der Waals surface area contributed by atoms with Crippen molar-refractivity contribution in [3.63, 3.8) is 0 Å². The molecule has 1 aromatic heterocycles. The average Bonchev–Trinajstić information content (AvgIpc) is 2.57. The van der Waals surface area contributed by atoms with Gasteiger partial charge in [0.2, 0.25) is 0 Å². The fourth-order valence-electron chi connectivity index (χ4n) is 2.75. The lowest BCUT2D eigenvalue weighted by Crippen LogP contribution is -2.45. The zero-order valence-electron chi connectivity index (χ0n) is 12.2. The number of rotatable bonds is 4. The molecule has 1 saturated heterocycles. The van der Waals surface area contributed by atoms with Gasteiger partial charge < -0.3 is 10.2 Å². The van der Waals surface area contributed by atoms with Crippen LogP contribution in [0, 0.1) is 11.6 Å². The molecule has 1 aliphatic rings. The van der Waals surface area contributed by atoms with Crippen molar-refractivity contribution >= 4 is 5.82 Å². The van der Waals surface area contributed by atoms with Crippen molar-refractivity contribution < 1.29 is 8.78 Å². The second-order valence-corrected chi connectivity index (χ2v) is 5.48. The number of aromatic nitrogens is 2. The van der Waals surface area contributed by atoms with Gasteiger partial charge in [0, 0.05) is 37.4 Å². The number of benzene rings is 1. The maximum atomic E-state index is 13.6. The van der Waals surface area contributed by atoms with Gasteiger partial charge in [0.25, 0.3) is 0 Å². The molecule has 3 rings (SSSR count). The van der Waals surface area contributed by atoms with Gasteiger partial charge in [-0.25, -0.2) is 8.78 Å². The number of hydrogen-bond donors (Lipinski definition) is 1. The highest BCUT2D eigenvalue weighted by Gasteiger charge is 2.21. The second kappa shape index (κ2) is 6.79. The lowest BCUT2D eigenvalue weighted by atomic mass is 10.1. The van der Waals surface area contributed by atoms with Gasteiger partial charge in [-0.3, -0.25) is 0 Å². The molecule has 0 amide bonds. The predicted molar refractivity (Wildman–Crippen MR) is 80.5 cm³/mol. The van der Waals surface area contributed by atoms with Gasteiger partial charge in [-0.1, -0.05) is 0 Å². The molecule has 1 fully saturated rings. The molecule has 1 unspecified atom stereocenters. The third-order valence-electron chi connectivity index (χ3n) is 3.89. The van der Waals surface area contributed by atoms with Crippen LogP contribution in [0.15, 0.2) is 36.5 Å². The molecule has 1 atom stereocenters. The highest BCUT2D eigenvalue weighted by Crippen LogP contribution is 2.17. The Balaban J connectivity index is 1.60. The normalized spacial score (nSPS) is 18.5. The van der Waals surface area contributed by atoms with Gasteiger partial charge in [-0.05, 0) is 43.2 Å². The van der Waals surface area contributed by atoms with E-state index in [0.717, 1.165) is 37.8 Å². The minimum atomic E-state index is -0.414. The van der Waals surface area contributed by atoms with Gasteiger partial charge in [0.05, 0.1) is 0 Å². The summed E-state index contributed by atoms with van der Waals surface area (Å²) in [6, 6.07) is 7.56. The molecule has 0 radical (unpaired) electrons. The molecule has 0 spiro atoms.